The first kappa shape index (κ1) is 38.0. The molecule has 244 valence electrons. The van der Waals surface area contributed by atoms with Gasteiger partial charge in [0.25, 0.3) is 0 Å². The standard InChI is InChI=1S/C30H55NO10Si/c1-14-37-25(33)19(3)16-23(31-27(35)38-15-2)30(10,26(34)36-11)24(32)20(4)22(41-42(12,13)28(5,6)7)17-21-18-39-29(8,9)40-21/h16,20-24,32H,14-15,17-18H2,1-13H3,(H,31,35)/b19-16+/t20-,21+,22-,23-,24+,30+/m1/s1. The first-order valence-corrected chi connectivity index (χ1v) is 17.6. The van der Waals surface area contributed by atoms with Crippen LogP contribution in [0.5, 0.6) is 0 Å². The number of esters is 2. The van der Waals surface area contributed by atoms with Crippen molar-refractivity contribution in [1.29, 1.82) is 0 Å². The number of carbonyl (C=O) groups excluding carboxylic acids is 3. The van der Waals surface area contributed by atoms with Gasteiger partial charge in [-0.3, -0.25) is 4.79 Å². The summed E-state index contributed by atoms with van der Waals surface area (Å²) in [7, 11) is -1.17. The fourth-order valence-electron chi connectivity index (χ4n) is 4.69. The third-order valence-electron chi connectivity index (χ3n) is 8.35. The number of aliphatic hydroxyl groups is 1. The third-order valence-corrected chi connectivity index (χ3v) is 12.9. The monoisotopic (exact) mass is 617 g/mol. The first-order chi connectivity index (χ1) is 19.2. The van der Waals surface area contributed by atoms with Gasteiger partial charge < -0.3 is 38.5 Å². The average Bonchev–Trinajstić information content (AvgIpc) is 3.23. The SMILES string of the molecule is CCOC(=O)N[C@H](/C=C(\C)C(=O)OCC)[C@](C)(C(=O)OC)[C@@H](O)[C@H](C)[C@@H](C[C@H]1COC(C)(C)O1)O[Si](C)(C)C(C)(C)C. The molecule has 1 amide bonds. The van der Waals surface area contributed by atoms with Crippen LogP contribution in [0.3, 0.4) is 0 Å². The molecule has 0 unspecified atom stereocenters. The molecule has 0 aromatic carbocycles. The van der Waals surface area contributed by atoms with Crippen molar-refractivity contribution >= 4 is 26.3 Å². The first-order valence-electron chi connectivity index (χ1n) is 14.7. The van der Waals surface area contributed by atoms with E-state index in [0.717, 1.165) is 0 Å². The maximum Gasteiger partial charge on any atom is 0.407 e. The molecule has 6 atom stereocenters. The van der Waals surface area contributed by atoms with E-state index in [0.29, 0.717) is 13.0 Å². The zero-order chi connectivity index (χ0) is 32.7. The highest BCUT2D eigenvalue weighted by Crippen LogP contribution is 2.42. The molecule has 11 nitrogen and oxygen atoms in total. The maximum atomic E-state index is 13.5. The zero-order valence-corrected chi connectivity index (χ0v) is 28.9. The van der Waals surface area contributed by atoms with Crippen molar-refractivity contribution in [3.63, 3.8) is 0 Å². The fraction of sp³-hybridized carbons (Fsp3) is 0.833. The normalized spacial score (nSPS) is 21.9. The number of carbonyl (C=O) groups is 3. The van der Waals surface area contributed by atoms with Crippen molar-refractivity contribution < 1.29 is 47.6 Å². The van der Waals surface area contributed by atoms with Crippen LogP contribution in [0.2, 0.25) is 18.1 Å². The second kappa shape index (κ2) is 15.1. The Morgan fingerprint density at radius 1 is 1.12 bits per heavy atom. The summed E-state index contributed by atoms with van der Waals surface area (Å²) < 4.78 is 34.1. The third kappa shape index (κ3) is 9.77. The highest BCUT2D eigenvalue weighted by molar-refractivity contribution is 6.74. The molecule has 0 aliphatic carbocycles. The number of hydrogen-bond acceptors (Lipinski definition) is 10. The van der Waals surface area contributed by atoms with E-state index < -0.39 is 61.7 Å². The lowest BCUT2D eigenvalue weighted by Crippen LogP contribution is -2.60. The minimum atomic E-state index is -2.38. The van der Waals surface area contributed by atoms with Crippen LogP contribution in [0.1, 0.15) is 75.7 Å². The molecule has 0 spiro atoms. The topological polar surface area (TPSA) is 139 Å². The summed E-state index contributed by atoms with van der Waals surface area (Å²) in [4.78, 5) is 38.7. The lowest BCUT2D eigenvalue weighted by atomic mass is 9.70. The van der Waals surface area contributed by atoms with Crippen LogP contribution in [0.25, 0.3) is 0 Å². The molecule has 42 heavy (non-hydrogen) atoms. The number of nitrogens with one attached hydrogen (secondary N) is 1. The highest BCUT2D eigenvalue weighted by Gasteiger charge is 2.53. The smallest absolute Gasteiger partial charge is 0.407 e. The van der Waals surface area contributed by atoms with E-state index in [4.69, 9.17) is 28.1 Å². The minimum absolute atomic E-state index is 0.0786. The number of hydrogen-bond donors (Lipinski definition) is 2. The Balaban J connectivity index is 3.66. The van der Waals surface area contributed by atoms with Gasteiger partial charge in [0.05, 0.1) is 51.3 Å². The van der Waals surface area contributed by atoms with E-state index in [1.165, 1.54) is 27.0 Å². The van der Waals surface area contributed by atoms with Gasteiger partial charge >= 0.3 is 18.0 Å². The van der Waals surface area contributed by atoms with Crippen LogP contribution < -0.4 is 5.32 Å². The van der Waals surface area contributed by atoms with Crippen LogP contribution in [-0.4, -0.2) is 88.5 Å². The van der Waals surface area contributed by atoms with E-state index in [9.17, 15) is 19.5 Å². The molecule has 0 saturated carbocycles. The summed E-state index contributed by atoms with van der Waals surface area (Å²) in [5, 5.41) is 14.6. The van der Waals surface area contributed by atoms with Gasteiger partial charge in [-0.2, -0.15) is 0 Å². The van der Waals surface area contributed by atoms with Crippen molar-refractivity contribution in [1.82, 2.24) is 5.32 Å². The lowest BCUT2D eigenvalue weighted by molar-refractivity contribution is -0.166. The van der Waals surface area contributed by atoms with E-state index in [1.54, 1.807) is 20.8 Å². The number of aliphatic hydroxyl groups excluding tert-OH is 1. The molecule has 0 aromatic heterocycles. The van der Waals surface area contributed by atoms with Crippen molar-refractivity contribution in [2.45, 2.75) is 124 Å². The minimum Gasteiger partial charge on any atom is -0.468 e. The van der Waals surface area contributed by atoms with E-state index in [-0.39, 0.29) is 29.9 Å². The van der Waals surface area contributed by atoms with Gasteiger partial charge in [0.15, 0.2) is 14.1 Å². The van der Waals surface area contributed by atoms with Crippen molar-refractivity contribution in [2.75, 3.05) is 26.9 Å². The Hall–Kier alpha value is -1.99. The van der Waals surface area contributed by atoms with E-state index in [2.05, 4.69) is 39.2 Å². The van der Waals surface area contributed by atoms with Crippen LogP contribution >= 0.6 is 0 Å². The molecule has 2 N–H and O–H groups in total. The molecule has 1 aliphatic rings. The average molecular weight is 618 g/mol. The molecule has 0 radical (unpaired) electrons. The second-order valence-electron chi connectivity index (χ2n) is 13.1. The lowest BCUT2D eigenvalue weighted by Gasteiger charge is -2.45. The summed E-state index contributed by atoms with van der Waals surface area (Å²) in [6.45, 7) is 23.0. The van der Waals surface area contributed by atoms with Crippen LogP contribution in [0, 0.1) is 11.3 Å². The zero-order valence-electron chi connectivity index (χ0n) is 27.9. The summed E-state index contributed by atoms with van der Waals surface area (Å²) in [5.74, 6) is -2.82. The van der Waals surface area contributed by atoms with Crippen LogP contribution in [0.4, 0.5) is 4.79 Å². The predicted molar refractivity (Wildman–Crippen MR) is 161 cm³/mol. The predicted octanol–water partition coefficient (Wildman–Crippen LogP) is 4.72. The molecule has 1 heterocycles. The Morgan fingerprint density at radius 2 is 1.69 bits per heavy atom. The molecular weight excluding hydrogens is 562 g/mol. The Kier molecular flexibility index (Phi) is 13.7. The van der Waals surface area contributed by atoms with E-state index >= 15 is 0 Å². The molecular formula is C30H55NO10Si. The number of amides is 1. The largest absolute Gasteiger partial charge is 0.468 e. The number of ether oxygens (including phenoxy) is 5. The molecule has 1 aliphatic heterocycles. The number of rotatable bonds is 14. The van der Waals surface area contributed by atoms with Crippen molar-refractivity contribution in [2.24, 2.45) is 11.3 Å². The number of alkyl carbamates (subject to hydrolysis) is 1. The van der Waals surface area contributed by atoms with Gasteiger partial charge in [-0.25, -0.2) is 9.59 Å². The molecule has 1 fully saturated rings. The Morgan fingerprint density at radius 3 is 2.14 bits per heavy atom. The van der Waals surface area contributed by atoms with Gasteiger partial charge in [0, 0.05) is 17.9 Å². The second-order valence-corrected chi connectivity index (χ2v) is 17.9. The van der Waals surface area contributed by atoms with Gasteiger partial charge in [-0.15, -0.1) is 0 Å². The summed E-state index contributed by atoms with van der Waals surface area (Å²) in [6, 6.07) is -1.20. The molecule has 0 bridgehead atoms. The Bertz CT molecular complexity index is 960. The molecule has 12 heteroatoms. The summed E-state index contributed by atoms with van der Waals surface area (Å²) in [5.41, 5.74) is -1.63. The van der Waals surface area contributed by atoms with Crippen molar-refractivity contribution in [3.8, 4) is 0 Å². The summed E-state index contributed by atoms with van der Waals surface area (Å²) in [6.07, 6.45) is -1.29. The van der Waals surface area contributed by atoms with Crippen LogP contribution in [-0.2, 0) is 37.7 Å². The van der Waals surface area contributed by atoms with Gasteiger partial charge in [0.2, 0.25) is 0 Å². The van der Waals surface area contributed by atoms with Gasteiger partial charge in [-0.05, 0) is 59.7 Å². The number of methoxy groups -OCH3 is 1. The summed E-state index contributed by atoms with van der Waals surface area (Å²) >= 11 is 0. The quantitative estimate of drug-likeness (QED) is 0.122. The van der Waals surface area contributed by atoms with E-state index in [1.807, 2.05) is 13.8 Å². The Labute approximate surface area is 253 Å². The van der Waals surface area contributed by atoms with Gasteiger partial charge in [0.1, 0.15) is 5.41 Å². The fourth-order valence-corrected chi connectivity index (χ4v) is 6.11. The molecule has 1 saturated heterocycles. The maximum absolute atomic E-state index is 13.5. The van der Waals surface area contributed by atoms with Gasteiger partial charge in [-0.1, -0.05) is 33.8 Å². The highest BCUT2D eigenvalue weighted by atomic mass is 28.4. The molecule has 0 aromatic rings. The van der Waals surface area contributed by atoms with Crippen molar-refractivity contribution in [3.05, 3.63) is 11.6 Å². The molecule has 1 rings (SSSR count). The van der Waals surface area contributed by atoms with Crippen LogP contribution in [0.15, 0.2) is 11.6 Å².